The van der Waals surface area contributed by atoms with Gasteiger partial charge in [0.05, 0.1) is 0 Å². The van der Waals surface area contributed by atoms with Gasteiger partial charge in [0.1, 0.15) is 0 Å². The third-order valence-corrected chi connectivity index (χ3v) is 7.04. The minimum atomic E-state index is 0.244. The summed E-state index contributed by atoms with van der Waals surface area (Å²) in [4.78, 5) is 4.88. The number of pyridine rings is 1. The molecule has 0 saturated heterocycles. The van der Waals surface area contributed by atoms with Crippen LogP contribution < -0.4 is 5.73 Å². The minimum absolute atomic E-state index is 0.244. The molecule has 0 spiro atoms. The number of nitrogens with zero attached hydrogens (tertiary/aromatic N) is 1. The fourth-order valence-electron chi connectivity index (χ4n) is 2.61. The molecule has 0 bridgehead atoms. The third kappa shape index (κ3) is 1.90. The molecule has 0 saturated carbocycles. The van der Waals surface area contributed by atoms with Crippen LogP contribution in [0.25, 0.3) is 9.78 Å². The SMILES string of the molecule is CC(C)(C)c1cc2nc3c(c(N)c2[se]1)CCCC3. The maximum absolute atomic E-state index is 6.40. The van der Waals surface area contributed by atoms with E-state index in [-0.39, 0.29) is 5.41 Å². The number of rotatable bonds is 0. The first-order valence-electron chi connectivity index (χ1n) is 6.68. The number of aromatic nitrogens is 1. The molecule has 0 atom stereocenters. The fraction of sp³-hybridized carbons (Fsp3) is 0.533. The van der Waals surface area contributed by atoms with Crippen LogP contribution in [0.5, 0.6) is 0 Å². The Morgan fingerprint density at radius 2 is 1.94 bits per heavy atom. The van der Waals surface area contributed by atoms with Gasteiger partial charge in [-0.1, -0.05) is 0 Å². The number of nitrogen functional groups attached to an aromatic ring is 1. The van der Waals surface area contributed by atoms with E-state index in [0.29, 0.717) is 14.5 Å². The van der Waals surface area contributed by atoms with Gasteiger partial charge in [0.15, 0.2) is 0 Å². The molecule has 3 heteroatoms. The molecule has 3 rings (SSSR count). The molecular weight excluding hydrogens is 287 g/mol. The van der Waals surface area contributed by atoms with Gasteiger partial charge in [-0.25, -0.2) is 0 Å². The Kier molecular flexibility index (Phi) is 2.80. The van der Waals surface area contributed by atoms with Crippen LogP contribution in [-0.4, -0.2) is 19.5 Å². The second-order valence-electron chi connectivity index (χ2n) is 6.23. The van der Waals surface area contributed by atoms with Gasteiger partial charge in [-0.2, -0.15) is 0 Å². The number of anilines is 1. The van der Waals surface area contributed by atoms with Crippen molar-refractivity contribution in [1.29, 1.82) is 0 Å². The van der Waals surface area contributed by atoms with Gasteiger partial charge in [-0.15, -0.1) is 0 Å². The van der Waals surface area contributed by atoms with Gasteiger partial charge in [0, 0.05) is 0 Å². The predicted octanol–water partition coefficient (Wildman–Crippen LogP) is 3.05. The van der Waals surface area contributed by atoms with Crippen LogP contribution in [0.1, 0.15) is 49.3 Å². The number of hydrogen-bond acceptors (Lipinski definition) is 2. The summed E-state index contributed by atoms with van der Waals surface area (Å²) in [6.45, 7) is 6.84. The zero-order valence-electron chi connectivity index (χ0n) is 11.3. The number of fused-ring (bicyclic) bond motifs is 2. The van der Waals surface area contributed by atoms with E-state index in [4.69, 9.17) is 10.7 Å². The van der Waals surface area contributed by atoms with Gasteiger partial charge < -0.3 is 0 Å². The standard InChI is InChI=1S/C15H20N2Se/c1-15(2,3)12-8-11-14(18-12)13(16)9-6-4-5-7-10(9)17-11/h8H,4-7H2,1-3H3,(H2,16,17). The Morgan fingerprint density at radius 3 is 2.67 bits per heavy atom. The van der Waals surface area contributed by atoms with Crippen LogP contribution >= 0.6 is 0 Å². The van der Waals surface area contributed by atoms with Crippen LogP contribution in [0.4, 0.5) is 5.69 Å². The van der Waals surface area contributed by atoms with Gasteiger partial charge in [-0.3, -0.25) is 0 Å². The Bertz CT molecular complexity index is 605. The second kappa shape index (κ2) is 4.11. The van der Waals surface area contributed by atoms with Gasteiger partial charge in [0.2, 0.25) is 0 Å². The molecule has 2 aromatic rings. The summed E-state index contributed by atoms with van der Waals surface area (Å²) in [5.41, 5.74) is 11.5. The van der Waals surface area contributed by atoms with E-state index in [1.165, 1.54) is 32.8 Å². The summed E-state index contributed by atoms with van der Waals surface area (Å²) in [7, 11) is 0. The molecule has 2 heterocycles. The van der Waals surface area contributed by atoms with Gasteiger partial charge in [0.25, 0.3) is 0 Å². The van der Waals surface area contributed by atoms with E-state index >= 15 is 0 Å². The first-order valence-corrected chi connectivity index (χ1v) is 8.39. The van der Waals surface area contributed by atoms with Crippen LogP contribution in [0.2, 0.25) is 0 Å². The van der Waals surface area contributed by atoms with Crippen LogP contribution in [0.15, 0.2) is 6.07 Å². The van der Waals surface area contributed by atoms with Crippen molar-refractivity contribution in [2.75, 3.05) is 5.73 Å². The summed E-state index contributed by atoms with van der Waals surface area (Å²) in [6.07, 6.45) is 4.77. The normalized spacial score (nSPS) is 15.9. The number of nitrogens with two attached hydrogens (primary N) is 1. The monoisotopic (exact) mass is 308 g/mol. The number of hydrogen-bond donors (Lipinski definition) is 1. The average molecular weight is 307 g/mol. The van der Waals surface area contributed by atoms with Crippen molar-refractivity contribution < 1.29 is 0 Å². The van der Waals surface area contributed by atoms with E-state index in [0.717, 1.165) is 24.0 Å². The van der Waals surface area contributed by atoms with Crippen molar-refractivity contribution in [1.82, 2.24) is 4.98 Å². The molecule has 96 valence electrons. The maximum atomic E-state index is 6.40. The van der Waals surface area contributed by atoms with E-state index in [1.807, 2.05) is 0 Å². The van der Waals surface area contributed by atoms with Crippen molar-refractivity contribution in [3.05, 3.63) is 21.8 Å². The Labute approximate surface area is 114 Å². The Morgan fingerprint density at radius 1 is 1.22 bits per heavy atom. The molecule has 2 N–H and O–H groups in total. The predicted molar refractivity (Wildman–Crippen MR) is 78.4 cm³/mol. The molecule has 1 aliphatic rings. The summed E-state index contributed by atoms with van der Waals surface area (Å²) in [6, 6.07) is 2.29. The van der Waals surface area contributed by atoms with Gasteiger partial charge >= 0.3 is 114 Å². The molecule has 18 heavy (non-hydrogen) atoms. The molecule has 0 amide bonds. The average Bonchev–Trinajstić information content (AvgIpc) is 2.73. The molecule has 0 unspecified atom stereocenters. The summed E-state index contributed by atoms with van der Waals surface area (Å²) >= 11 is 0.372. The first kappa shape index (κ1) is 12.3. The third-order valence-electron chi connectivity index (χ3n) is 3.72. The quantitative estimate of drug-likeness (QED) is 0.760. The topological polar surface area (TPSA) is 38.9 Å². The van der Waals surface area contributed by atoms with Crippen LogP contribution in [0, 0.1) is 0 Å². The second-order valence-corrected chi connectivity index (χ2v) is 8.44. The van der Waals surface area contributed by atoms with E-state index in [2.05, 4.69) is 26.8 Å². The van der Waals surface area contributed by atoms with Crippen molar-refractivity contribution in [2.24, 2.45) is 0 Å². The molecule has 0 fully saturated rings. The molecule has 2 aromatic heterocycles. The molecule has 0 aromatic carbocycles. The van der Waals surface area contributed by atoms with Crippen LogP contribution in [0.3, 0.4) is 0 Å². The molecule has 0 aliphatic heterocycles. The molecule has 1 aliphatic carbocycles. The summed E-state index contributed by atoms with van der Waals surface area (Å²) in [5.74, 6) is 0. The van der Waals surface area contributed by atoms with Gasteiger partial charge in [-0.05, 0) is 0 Å². The summed E-state index contributed by atoms with van der Waals surface area (Å²) < 4.78 is 2.86. The van der Waals surface area contributed by atoms with E-state index in [1.54, 1.807) is 0 Å². The van der Waals surface area contributed by atoms with E-state index in [9.17, 15) is 0 Å². The first-order chi connectivity index (χ1) is 8.47. The molecular formula is C15H20N2Se. The van der Waals surface area contributed by atoms with Crippen LogP contribution in [-0.2, 0) is 18.3 Å². The van der Waals surface area contributed by atoms with Crippen molar-refractivity contribution in [3.63, 3.8) is 0 Å². The van der Waals surface area contributed by atoms with Crippen molar-refractivity contribution in [3.8, 4) is 0 Å². The zero-order valence-corrected chi connectivity index (χ0v) is 13.1. The van der Waals surface area contributed by atoms with Crippen molar-refractivity contribution in [2.45, 2.75) is 51.9 Å². The molecule has 0 radical (unpaired) electrons. The zero-order chi connectivity index (χ0) is 12.9. The Hall–Kier alpha value is -0.791. The summed E-state index contributed by atoms with van der Waals surface area (Å²) in [5, 5.41) is 0. The van der Waals surface area contributed by atoms with E-state index < -0.39 is 0 Å². The Balaban J connectivity index is 2.25. The van der Waals surface area contributed by atoms with Crippen molar-refractivity contribution >= 4 is 30.0 Å². The molecule has 2 nitrogen and oxygen atoms in total. The number of aryl methyl sites for hydroxylation is 1. The fourth-order valence-corrected chi connectivity index (χ4v) is 5.00.